The predicted octanol–water partition coefficient (Wildman–Crippen LogP) is 2.75. The van der Waals surface area contributed by atoms with Gasteiger partial charge in [0.2, 0.25) is 0 Å². The van der Waals surface area contributed by atoms with Crippen LogP contribution in [0.2, 0.25) is 0 Å². The van der Waals surface area contributed by atoms with Crippen LogP contribution in [0.25, 0.3) is 0 Å². The zero-order valence-electron chi connectivity index (χ0n) is 17.2. The Morgan fingerprint density at radius 3 is 2.47 bits per heavy atom. The second kappa shape index (κ2) is 9.25. The first-order chi connectivity index (χ1) is 15.1. The van der Waals surface area contributed by atoms with E-state index in [2.05, 4.69) is 4.98 Å². The molecule has 1 aromatic carbocycles. The Labute approximate surface area is 182 Å². The van der Waals surface area contributed by atoms with Crippen LogP contribution in [0.15, 0.2) is 36.5 Å². The molecule has 0 aliphatic carbocycles. The van der Waals surface area contributed by atoms with E-state index in [-0.39, 0.29) is 41.6 Å². The largest absolute Gasteiger partial charge is 0.496 e. The number of methoxy groups -OCH3 is 1. The number of ether oxygens (including phenoxy) is 1. The summed E-state index contributed by atoms with van der Waals surface area (Å²) in [4.78, 5) is 30.4. The number of carbonyl (C=O) groups is 2. The van der Waals surface area contributed by atoms with Gasteiger partial charge in [0.25, 0.3) is 11.8 Å². The van der Waals surface area contributed by atoms with Gasteiger partial charge < -0.3 is 15.4 Å². The number of benzene rings is 1. The summed E-state index contributed by atoms with van der Waals surface area (Å²) in [5.41, 5.74) is 4.07. The number of alkyl halides is 3. The van der Waals surface area contributed by atoms with E-state index in [1.54, 1.807) is 23.1 Å². The molecule has 2 amide bonds. The van der Waals surface area contributed by atoms with Gasteiger partial charge in [0.05, 0.1) is 18.2 Å². The molecule has 11 heteroatoms. The fourth-order valence-electron chi connectivity index (χ4n) is 3.76. The SMILES string of the molecule is COc1cc(C2CCN(C(=O)c3ccccn3)CC2)c(C(F)(F)F)cc1C(=O)NC(=N)N. The maximum Gasteiger partial charge on any atom is 0.416 e. The third-order valence-electron chi connectivity index (χ3n) is 5.28. The lowest BCUT2D eigenvalue weighted by atomic mass is 9.85. The molecular weight excluding hydrogens is 427 g/mol. The van der Waals surface area contributed by atoms with Crippen LogP contribution in [0, 0.1) is 5.41 Å². The number of pyridine rings is 1. The molecule has 0 saturated carbocycles. The highest BCUT2D eigenvalue weighted by atomic mass is 19.4. The fraction of sp³-hybridized carbons (Fsp3) is 0.333. The van der Waals surface area contributed by atoms with Crippen molar-refractivity contribution in [1.29, 1.82) is 5.41 Å². The summed E-state index contributed by atoms with van der Waals surface area (Å²) in [6.07, 6.45) is -2.59. The van der Waals surface area contributed by atoms with Gasteiger partial charge in [0.1, 0.15) is 11.4 Å². The molecule has 1 fully saturated rings. The summed E-state index contributed by atoms with van der Waals surface area (Å²) in [6, 6.07) is 6.90. The minimum absolute atomic E-state index is 0.00124. The monoisotopic (exact) mass is 449 g/mol. The molecule has 32 heavy (non-hydrogen) atoms. The Morgan fingerprint density at radius 1 is 1.25 bits per heavy atom. The van der Waals surface area contributed by atoms with E-state index in [4.69, 9.17) is 15.9 Å². The highest BCUT2D eigenvalue weighted by Crippen LogP contribution is 2.42. The average molecular weight is 449 g/mol. The summed E-state index contributed by atoms with van der Waals surface area (Å²) < 4.78 is 46.7. The van der Waals surface area contributed by atoms with Gasteiger partial charge in [-0.15, -0.1) is 0 Å². The first kappa shape index (κ1) is 23.0. The highest BCUT2D eigenvalue weighted by Gasteiger charge is 2.38. The molecule has 1 aliphatic heterocycles. The van der Waals surface area contributed by atoms with E-state index < -0.39 is 29.5 Å². The standard InChI is InChI=1S/C21H22F3N5O3/c1-32-17-11-13(15(21(22,23)24)10-14(17)18(30)28-20(25)26)12-5-8-29(9-6-12)19(31)16-4-2-3-7-27-16/h2-4,7,10-12H,5-6,8-9H2,1H3,(H4,25,26,28,30). The van der Waals surface area contributed by atoms with E-state index in [9.17, 15) is 22.8 Å². The Kier molecular flexibility index (Phi) is 6.66. The Balaban J connectivity index is 1.88. The number of nitrogens with one attached hydrogen (secondary N) is 2. The van der Waals surface area contributed by atoms with E-state index in [0.717, 1.165) is 6.07 Å². The lowest BCUT2D eigenvalue weighted by Gasteiger charge is -2.33. The molecular formula is C21H22F3N5O3. The van der Waals surface area contributed by atoms with Gasteiger partial charge in [-0.3, -0.25) is 25.3 Å². The third kappa shape index (κ3) is 4.98. The molecule has 8 nitrogen and oxygen atoms in total. The molecule has 0 atom stereocenters. The minimum atomic E-state index is -4.71. The molecule has 1 aliphatic rings. The number of amides is 2. The average Bonchev–Trinajstić information content (AvgIpc) is 2.77. The van der Waals surface area contributed by atoms with Crippen LogP contribution in [-0.4, -0.2) is 47.9 Å². The van der Waals surface area contributed by atoms with Gasteiger partial charge >= 0.3 is 6.18 Å². The second-order valence-corrected chi connectivity index (χ2v) is 7.29. The van der Waals surface area contributed by atoms with Crippen LogP contribution in [0.4, 0.5) is 13.2 Å². The quantitative estimate of drug-likeness (QED) is 0.490. The van der Waals surface area contributed by atoms with Crippen LogP contribution in [0.1, 0.15) is 50.7 Å². The van der Waals surface area contributed by atoms with Crippen molar-refractivity contribution < 1.29 is 27.5 Å². The number of likely N-dealkylation sites (tertiary alicyclic amines) is 1. The Bertz CT molecular complexity index is 1020. The van der Waals surface area contributed by atoms with Crippen LogP contribution in [0.3, 0.4) is 0 Å². The molecule has 0 spiro atoms. The smallest absolute Gasteiger partial charge is 0.416 e. The van der Waals surface area contributed by atoms with Crippen molar-refractivity contribution in [3.05, 3.63) is 58.9 Å². The first-order valence-electron chi connectivity index (χ1n) is 9.76. The van der Waals surface area contributed by atoms with Crippen molar-refractivity contribution in [3.63, 3.8) is 0 Å². The van der Waals surface area contributed by atoms with Gasteiger partial charge in [-0.1, -0.05) is 6.07 Å². The first-order valence-corrected chi connectivity index (χ1v) is 9.76. The number of guanidine groups is 1. The molecule has 170 valence electrons. The van der Waals surface area contributed by atoms with E-state index in [1.165, 1.54) is 19.4 Å². The number of nitrogens with zero attached hydrogens (tertiary/aromatic N) is 2. The Hall–Kier alpha value is -3.63. The normalized spacial score (nSPS) is 14.7. The molecule has 1 aromatic heterocycles. The number of piperidine rings is 1. The van der Waals surface area contributed by atoms with Crippen LogP contribution in [-0.2, 0) is 6.18 Å². The molecule has 3 rings (SSSR count). The highest BCUT2D eigenvalue weighted by molar-refractivity contribution is 6.06. The summed E-state index contributed by atoms with van der Waals surface area (Å²) in [5.74, 6) is -2.48. The van der Waals surface area contributed by atoms with E-state index >= 15 is 0 Å². The Morgan fingerprint density at radius 2 is 1.94 bits per heavy atom. The van der Waals surface area contributed by atoms with Crippen molar-refractivity contribution >= 4 is 17.8 Å². The molecule has 2 aromatic rings. The molecule has 2 heterocycles. The maximum absolute atomic E-state index is 13.9. The number of hydrogen-bond acceptors (Lipinski definition) is 5. The van der Waals surface area contributed by atoms with Crippen LogP contribution in [0.5, 0.6) is 5.75 Å². The minimum Gasteiger partial charge on any atom is -0.496 e. The van der Waals surface area contributed by atoms with Crippen LogP contribution < -0.4 is 15.8 Å². The topological polar surface area (TPSA) is 121 Å². The predicted molar refractivity (Wildman–Crippen MR) is 109 cm³/mol. The van der Waals surface area contributed by atoms with Crippen molar-refractivity contribution in [2.75, 3.05) is 20.2 Å². The van der Waals surface area contributed by atoms with E-state index in [1.807, 2.05) is 5.32 Å². The van der Waals surface area contributed by atoms with E-state index in [0.29, 0.717) is 12.8 Å². The fourth-order valence-corrected chi connectivity index (χ4v) is 3.76. The molecule has 0 radical (unpaired) electrons. The molecule has 0 unspecified atom stereocenters. The molecule has 0 bridgehead atoms. The van der Waals surface area contributed by atoms with Gasteiger partial charge in [-0.25, -0.2) is 0 Å². The molecule has 1 saturated heterocycles. The maximum atomic E-state index is 13.9. The third-order valence-corrected chi connectivity index (χ3v) is 5.28. The summed E-state index contributed by atoms with van der Waals surface area (Å²) >= 11 is 0. The van der Waals surface area contributed by atoms with Crippen LogP contribution >= 0.6 is 0 Å². The van der Waals surface area contributed by atoms with Crippen molar-refractivity contribution in [2.45, 2.75) is 24.9 Å². The number of carbonyl (C=O) groups excluding carboxylic acids is 2. The summed E-state index contributed by atoms with van der Waals surface area (Å²) in [5, 5.41) is 9.11. The number of aromatic nitrogens is 1. The number of hydrogen-bond donors (Lipinski definition) is 3. The van der Waals surface area contributed by atoms with Crippen molar-refractivity contribution in [2.24, 2.45) is 5.73 Å². The lowest BCUT2D eigenvalue weighted by Crippen LogP contribution is -2.38. The zero-order valence-corrected chi connectivity index (χ0v) is 17.2. The van der Waals surface area contributed by atoms with Crippen molar-refractivity contribution in [1.82, 2.24) is 15.2 Å². The number of rotatable bonds is 4. The molecule has 4 N–H and O–H groups in total. The van der Waals surface area contributed by atoms with Gasteiger partial charge in [0, 0.05) is 19.3 Å². The van der Waals surface area contributed by atoms with Gasteiger partial charge in [-0.05, 0) is 48.6 Å². The number of nitrogens with two attached hydrogens (primary N) is 1. The zero-order chi connectivity index (χ0) is 23.5. The van der Waals surface area contributed by atoms with Crippen molar-refractivity contribution in [3.8, 4) is 5.75 Å². The summed E-state index contributed by atoms with van der Waals surface area (Å²) in [6.45, 7) is 0.540. The van der Waals surface area contributed by atoms with Gasteiger partial charge in [-0.2, -0.15) is 13.2 Å². The number of halogens is 3. The summed E-state index contributed by atoms with van der Waals surface area (Å²) in [7, 11) is 1.24. The lowest BCUT2D eigenvalue weighted by molar-refractivity contribution is -0.138. The second-order valence-electron chi connectivity index (χ2n) is 7.29. The van der Waals surface area contributed by atoms with Gasteiger partial charge in [0.15, 0.2) is 5.96 Å².